The van der Waals surface area contributed by atoms with E-state index < -0.39 is 15.9 Å². The van der Waals surface area contributed by atoms with Crippen LogP contribution in [0.4, 0.5) is 0 Å². The Hall–Kier alpha value is -1.45. The van der Waals surface area contributed by atoms with Crippen molar-refractivity contribution < 1.29 is 18.0 Å². The molecule has 0 fully saturated rings. The Kier molecular flexibility index (Phi) is 6.51. The van der Waals surface area contributed by atoms with Gasteiger partial charge in [-0.3, -0.25) is 9.59 Å². The Morgan fingerprint density at radius 1 is 1.23 bits per heavy atom. The molecule has 0 heterocycles. The number of carbonyl (C=O) groups excluding carboxylic acids is 2. The van der Waals surface area contributed by atoms with E-state index in [0.29, 0.717) is 11.0 Å². The number of likely N-dealkylation sites (N-methyl/N-ethyl adjacent to an activating group) is 1. The van der Waals surface area contributed by atoms with Gasteiger partial charge in [-0.15, -0.1) is 0 Å². The Morgan fingerprint density at radius 2 is 1.86 bits per heavy atom. The smallest absolute Gasteiger partial charge is 0.251 e. The Balaban J connectivity index is 2.99. The van der Waals surface area contributed by atoms with Crippen molar-refractivity contribution in [2.24, 2.45) is 0 Å². The molecule has 1 aromatic carbocycles. The maximum Gasteiger partial charge on any atom is 0.251 e. The minimum absolute atomic E-state index is 0.0110. The van der Waals surface area contributed by atoms with Crippen LogP contribution >= 0.6 is 15.9 Å². The molecule has 0 aliphatic rings. The molecule has 0 saturated carbocycles. The van der Waals surface area contributed by atoms with Gasteiger partial charge in [-0.2, -0.15) is 0 Å². The van der Waals surface area contributed by atoms with E-state index in [1.807, 2.05) is 0 Å². The molecule has 2 N–H and O–H groups in total. The van der Waals surface area contributed by atoms with Gasteiger partial charge in [0.25, 0.3) is 5.91 Å². The van der Waals surface area contributed by atoms with E-state index in [4.69, 9.17) is 0 Å². The molecule has 1 aromatic rings. The highest BCUT2D eigenvalue weighted by atomic mass is 79.9. The molecule has 0 bridgehead atoms. The number of hydrogen-bond donors (Lipinski definition) is 2. The van der Waals surface area contributed by atoms with E-state index in [9.17, 15) is 18.0 Å². The molecular formula is C13H18BrN3O4S. The van der Waals surface area contributed by atoms with Gasteiger partial charge in [0.1, 0.15) is 0 Å². The van der Waals surface area contributed by atoms with Gasteiger partial charge in [-0.25, -0.2) is 12.7 Å². The van der Waals surface area contributed by atoms with Gasteiger partial charge < -0.3 is 10.6 Å². The molecule has 7 nitrogen and oxygen atoms in total. The monoisotopic (exact) mass is 391 g/mol. The minimum atomic E-state index is -3.68. The van der Waals surface area contributed by atoms with Crippen LogP contribution in [0.2, 0.25) is 0 Å². The van der Waals surface area contributed by atoms with E-state index in [0.717, 1.165) is 4.31 Å². The SMILES string of the molecule is CCNC(=O)CNC(=O)c1ccc(Br)c(S(=O)(=O)N(C)C)c1. The lowest BCUT2D eigenvalue weighted by atomic mass is 10.2. The first-order valence-electron chi connectivity index (χ1n) is 6.47. The topological polar surface area (TPSA) is 95.6 Å². The minimum Gasteiger partial charge on any atom is -0.355 e. The zero-order valence-corrected chi connectivity index (χ0v) is 14.9. The predicted octanol–water partition coefficient (Wildman–Crippen LogP) is 0.565. The third-order valence-corrected chi connectivity index (χ3v) is 5.54. The molecule has 0 atom stereocenters. The van der Waals surface area contributed by atoms with Gasteiger partial charge in [-0.05, 0) is 41.1 Å². The molecule has 0 unspecified atom stereocenters. The maximum atomic E-state index is 12.2. The van der Waals surface area contributed by atoms with Crippen LogP contribution in [-0.2, 0) is 14.8 Å². The van der Waals surface area contributed by atoms with Crippen LogP contribution in [0.15, 0.2) is 27.6 Å². The second-order valence-corrected chi connectivity index (χ2v) is 7.54. The van der Waals surface area contributed by atoms with Crippen LogP contribution in [0.1, 0.15) is 17.3 Å². The number of halogens is 1. The average molecular weight is 392 g/mol. The van der Waals surface area contributed by atoms with Crippen LogP contribution in [0.25, 0.3) is 0 Å². The van der Waals surface area contributed by atoms with Crippen molar-refractivity contribution in [2.45, 2.75) is 11.8 Å². The van der Waals surface area contributed by atoms with E-state index in [-0.39, 0.29) is 22.9 Å². The molecule has 22 heavy (non-hydrogen) atoms. The number of nitrogens with zero attached hydrogens (tertiary/aromatic N) is 1. The number of carbonyl (C=O) groups is 2. The third kappa shape index (κ3) is 4.52. The molecule has 0 radical (unpaired) electrons. The van der Waals surface area contributed by atoms with Gasteiger partial charge in [0.05, 0.1) is 11.4 Å². The Bertz CT molecular complexity index is 674. The quantitative estimate of drug-likeness (QED) is 0.740. The largest absolute Gasteiger partial charge is 0.355 e. The molecule has 0 aliphatic carbocycles. The zero-order valence-electron chi connectivity index (χ0n) is 12.5. The van der Waals surface area contributed by atoms with Gasteiger partial charge >= 0.3 is 0 Å². The Labute approximate surface area is 138 Å². The normalized spacial score (nSPS) is 11.3. The van der Waals surface area contributed by atoms with Crippen molar-refractivity contribution in [3.63, 3.8) is 0 Å². The number of sulfonamides is 1. The summed E-state index contributed by atoms with van der Waals surface area (Å²) in [7, 11) is -0.864. The van der Waals surface area contributed by atoms with Crippen molar-refractivity contribution in [3.8, 4) is 0 Å². The van der Waals surface area contributed by atoms with Gasteiger partial charge in [-0.1, -0.05) is 0 Å². The second-order valence-electron chi connectivity index (χ2n) is 4.57. The highest BCUT2D eigenvalue weighted by Crippen LogP contribution is 2.25. The summed E-state index contributed by atoms with van der Waals surface area (Å²) in [5.41, 5.74) is 0.160. The number of nitrogens with one attached hydrogen (secondary N) is 2. The number of amides is 2. The summed E-state index contributed by atoms with van der Waals surface area (Å²) in [5.74, 6) is -0.831. The van der Waals surface area contributed by atoms with Crippen LogP contribution in [0, 0.1) is 0 Å². The summed E-state index contributed by atoms with van der Waals surface area (Å²) in [5, 5.41) is 4.98. The number of rotatable bonds is 6. The summed E-state index contributed by atoms with van der Waals surface area (Å²) in [6, 6.07) is 4.23. The Morgan fingerprint density at radius 3 is 2.41 bits per heavy atom. The molecule has 0 saturated heterocycles. The molecular weight excluding hydrogens is 374 g/mol. The van der Waals surface area contributed by atoms with Crippen molar-refractivity contribution in [1.82, 2.24) is 14.9 Å². The average Bonchev–Trinajstić information content (AvgIpc) is 2.45. The van der Waals surface area contributed by atoms with Gasteiger partial charge in [0, 0.05) is 30.7 Å². The first-order valence-corrected chi connectivity index (χ1v) is 8.70. The fourth-order valence-corrected chi connectivity index (χ4v) is 3.41. The molecule has 0 aromatic heterocycles. The van der Waals surface area contributed by atoms with E-state index in [1.54, 1.807) is 6.92 Å². The molecule has 0 aliphatic heterocycles. The summed E-state index contributed by atoms with van der Waals surface area (Å²) >= 11 is 3.16. The van der Waals surface area contributed by atoms with Crippen molar-refractivity contribution in [3.05, 3.63) is 28.2 Å². The molecule has 9 heteroatoms. The highest BCUT2D eigenvalue weighted by Gasteiger charge is 2.22. The van der Waals surface area contributed by atoms with Crippen LogP contribution < -0.4 is 10.6 Å². The van der Waals surface area contributed by atoms with Gasteiger partial charge in [0.2, 0.25) is 15.9 Å². The van der Waals surface area contributed by atoms with Gasteiger partial charge in [0.15, 0.2) is 0 Å². The van der Waals surface area contributed by atoms with E-state index >= 15 is 0 Å². The first kappa shape index (κ1) is 18.6. The molecule has 0 spiro atoms. The highest BCUT2D eigenvalue weighted by molar-refractivity contribution is 9.10. The fourth-order valence-electron chi connectivity index (χ4n) is 1.56. The van der Waals surface area contributed by atoms with Crippen LogP contribution in [-0.4, -0.2) is 51.7 Å². The van der Waals surface area contributed by atoms with Crippen molar-refractivity contribution in [1.29, 1.82) is 0 Å². The van der Waals surface area contributed by atoms with Crippen molar-refractivity contribution >= 4 is 37.8 Å². The molecule has 2 amide bonds. The molecule has 1 rings (SSSR count). The maximum absolute atomic E-state index is 12.2. The second kappa shape index (κ2) is 7.70. The summed E-state index contributed by atoms with van der Waals surface area (Å²) in [4.78, 5) is 23.3. The summed E-state index contributed by atoms with van der Waals surface area (Å²) in [6.07, 6.45) is 0. The third-order valence-electron chi connectivity index (χ3n) is 2.74. The van der Waals surface area contributed by atoms with E-state index in [2.05, 4.69) is 26.6 Å². The zero-order chi connectivity index (χ0) is 16.9. The molecule has 122 valence electrons. The summed E-state index contributed by atoms with van der Waals surface area (Å²) in [6.45, 7) is 2.07. The lowest BCUT2D eigenvalue weighted by Crippen LogP contribution is -2.36. The standard InChI is InChI=1S/C13H18BrN3O4S/c1-4-15-12(18)8-16-13(19)9-5-6-10(14)11(7-9)22(20,21)17(2)3/h5-7H,4,8H2,1-3H3,(H,15,18)(H,16,19). The number of hydrogen-bond acceptors (Lipinski definition) is 4. The van der Waals surface area contributed by atoms with Crippen molar-refractivity contribution in [2.75, 3.05) is 27.2 Å². The lowest BCUT2D eigenvalue weighted by Gasteiger charge is -2.14. The van der Waals surface area contributed by atoms with E-state index in [1.165, 1.54) is 32.3 Å². The lowest BCUT2D eigenvalue weighted by molar-refractivity contribution is -0.120. The predicted molar refractivity (Wildman–Crippen MR) is 86.0 cm³/mol. The first-order chi connectivity index (χ1) is 10.2. The number of benzene rings is 1. The van der Waals surface area contributed by atoms with Crippen LogP contribution in [0.3, 0.4) is 0 Å². The summed E-state index contributed by atoms with van der Waals surface area (Å²) < 4.78 is 25.8. The van der Waals surface area contributed by atoms with Crippen LogP contribution in [0.5, 0.6) is 0 Å². The fraction of sp³-hybridized carbons (Fsp3) is 0.385.